The summed E-state index contributed by atoms with van der Waals surface area (Å²) >= 11 is 0. The fourth-order valence-corrected chi connectivity index (χ4v) is 2.92. The highest BCUT2D eigenvalue weighted by atomic mass is 16.5. The number of aryl methyl sites for hydroxylation is 1. The van der Waals surface area contributed by atoms with Gasteiger partial charge in [0.1, 0.15) is 5.75 Å². The first kappa shape index (κ1) is 20.3. The highest BCUT2D eigenvalue weighted by molar-refractivity contribution is 5.95. The average molecular weight is 393 g/mol. The number of aromatic nitrogens is 2. The summed E-state index contributed by atoms with van der Waals surface area (Å²) in [5, 5.41) is 12.6. The second-order valence-electron chi connectivity index (χ2n) is 6.67. The first-order chi connectivity index (χ1) is 14.0. The quantitative estimate of drug-likeness (QED) is 0.536. The van der Waals surface area contributed by atoms with Gasteiger partial charge in [-0.1, -0.05) is 12.1 Å². The van der Waals surface area contributed by atoms with Crippen LogP contribution in [0.5, 0.6) is 5.75 Å². The van der Waals surface area contributed by atoms with E-state index in [0.29, 0.717) is 41.2 Å². The Kier molecular flexibility index (Phi) is 6.41. The summed E-state index contributed by atoms with van der Waals surface area (Å²) in [5.41, 5.74) is 3.17. The molecule has 0 aliphatic carbocycles. The van der Waals surface area contributed by atoms with Crippen LogP contribution in [0.4, 0.5) is 0 Å². The average Bonchev–Trinajstić information content (AvgIpc) is 2.72. The summed E-state index contributed by atoms with van der Waals surface area (Å²) in [7, 11) is 1.62. The van der Waals surface area contributed by atoms with Crippen LogP contribution in [0.15, 0.2) is 53.3 Å². The highest BCUT2D eigenvalue weighted by Crippen LogP contribution is 2.26. The Hall–Kier alpha value is -3.45. The number of carbonyl (C=O) groups excluding carboxylic acids is 1. The standard InChI is InChI=1S/C22H23N3O4/c1-14-11-16(7-8-20(14)26)19-13-18(24-22(28)25-19)15-5-3-6-17(12-15)21(27)23-9-4-10-29-2/h3,5-8,11-13,26H,4,9-10H2,1-2H3,(H,23,27)(H,24,25,28). The van der Waals surface area contributed by atoms with Crippen molar-refractivity contribution < 1.29 is 14.6 Å². The predicted molar refractivity (Wildman–Crippen MR) is 111 cm³/mol. The molecule has 29 heavy (non-hydrogen) atoms. The monoisotopic (exact) mass is 393 g/mol. The van der Waals surface area contributed by atoms with Crippen molar-refractivity contribution in [3.05, 3.63) is 70.1 Å². The first-order valence-corrected chi connectivity index (χ1v) is 9.27. The molecule has 3 rings (SSSR count). The maximum atomic E-state index is 12.4. The lowest BCUT2D eigenvalue weighted by molar-refractivity contribution is 0.0948. The van der Waals surface area contributed by atoms with Crippen LogP contribution in [0.1, 0.15) is 22.3 Å². The van der Waals surface area contributed by atoms with E-state index in [1.807, 2.05) is 6.07 Å². The Balaban J connectivity index is 1.89. The Morgan fingerprint density at radius 3 is 2.76 bits per heavy atom. The van der Waals surface area contributed by atoms with Crippen molar-refractivity contribution in [3.63, 3.8) is 0 Å². The zero-order valence-electron chi connectivity index (χ0n) is 16.4. The number of hydrogen-bond acceptors (Lipinski definition) is 5. The number of benzene rings is 2. The Morgan fingerprint density at radius 2 is 2.00 bits per heavy atom. The maximum Gasteiger partial charge on any atom is 0.345 e. The lowest BCUT2D eigenvalue weighted by Gasteiger charge is -2.09. The first-order valence-electron chi connectivity index (χ1n) is 9.27. The Morgan fingerprint density at radius 1 is 1.17 bits per heavy atom. The van der Waals surface area contributed by atoms with Gasteiger partial charge in [0.05, 0.1) is 11.4 Å². The molecule has 3 N–H and O–H groups in total. The SMILES string of the molecule is COCCCNC(=O)c1cccc(-c2cc(-c3ccc(O)c(C)c3)nc(=O)[nH]2)c1. The van der Waals surface area contributed by atoms with Gasteiger partial charge in [0.25, 0.3) is 5.91 Å². The molecule has 0 aliphatic heterocycles. The number of ether oxygens (including phenoxy) is 1. The zero-order valence-corrected chi connectivity index (χ0v) is 16.4. The summed E-state index contributed by atoms with van der Waals surface area (Å²) in [4.78, 5) is 31.2. The van der Waals surface area contributed by atoms with Crippen LogP contribution in [0.25, 0.3) is 22.5 Å². The largest absolute Gasteiger partial charge is 0.508 e. The van der Waals surface area contributed by atoms with Gasteiger partial charge >= 0.3 is 5.69 Å². The molecule has 7 heteroatoms. The normalized spacial score (nSPS) is 10.7. The minimum atomic E-state index is -0.488. The molecule has 0 aliphatic rings. The van der Waals surface area contributed by atoms with Crippen molar-refractivity contribution in [1.82, 2.24) is 15.3 Å². The molecule has 3 aromatic rings. The zero-order chi connectivity index (χ0) is 20.8. The molecule has 150 valence electrons. The van der Waals surface area contributed by atoms with Gasteiger partial charge in [-0.3, -0.25) is 4.79 Å². The Bertz CT molecular complexity index is 1080. The van der Waals surface area contributed by atoms with E-state index < -0.39 is 5.69 Å². The minimum Gasteiger partial charge on any atom is -0.508 e. The summed E-state index contributed by atoms with van der Waals surface area (Å²) < 4.78 is 4.97. The van der Waals surface area contributed by atoms with Gasteiger partial charge in [-0.25, -0.2) is 4.79 Å². The summed E-state index contributed by atoms with van der Waals surface area (Å²) in [6.07, 6.45) is 0.731. The van der Waals surface area contributed by atoms with E-state index in [4.69, 9.17) is 4.74 Å². The van der Waals surface area contributed by atoms with Gasteiger partial charge in [0, 0.05) is 31.4 Å². The minimum absolute atomic E-state index is 0.183. The second-order valence-corrected chi connectivity index (χ2v) is 6.67. The van der Waals surface area contributed by atoms with Crippen LogP contribution in [0, 0.1) is 6.92 Å². The molecular weight excluding hydrogens is 370 g/mol. The third-order valence-corrected chi connectivity index (χ3v) is 4.48. The highest BCUT2D eigenvalue weighted by Gasteiger charge is 2.10. The third kappa shape index (κ3) is 5.08. The maximum absolute atomic E-state index is 12.4. The molecule has 0 bridgehead atoms. The van der Waals surface area contributed by atoms with Crippen molar-refractivity contribution in [2.45, 2.75) is 13.3 Å². The predicted octanol–water partition coefficient (Wildman–Crippen LogP) is 2.88. The van der Waals surface area contributed by atoms with Crippen molar-refractivity contribution >= 4 is 5.91 Å². The smallest absolute Gasteiger partial charge is 0.345 e. The van der Waals surface area contributed by atoms with Crippen LogP contribution in [0.3, 0.4) is 0 Å². The summed E-state index contributed by atoms with van der Waals surface area (Å²) in [6.45, 7) is 2.88. The molecule has 1 aromatic heterocycles. The molecular formula is C22H23N3O4. The van der Waals surface area contributed by atoms with E-state index in [1.54, 1.807) is 56.5 Å². The number of aromatic amines is 1. The van der Waals surface area contributed by atoms with Crippen molar-refractivity contribution in [2.24, 2.45) is 0 Å². The number of phenolic OH excluding ortho intramolecular Hbond substituents is 1. The van der Waals surface area contributed by atoms with Crippen molar-refractivity contribution in [2.75, 3.05) is 20.3 Å². The lowest BCUT2D eigenvalue weighted by Crippen LogP contribution is -2.25. The topological polar surface area (TPSA) is 104 Å². The van der Waals surface area contributed by atoms with E-state index in [1.165, 1.54) is 0 Å². The van der Waals surface area contributed by atoms with Crippen molar-refractivity contribution in [1.29, 1.82) is 0 Å². The van der Waals surface area contributed by atoms with Gasteiger partial charge < -0.3 is 20.1 Å². The molecule has 0 radical (unpaired) electrons. The number of nitrogens with one attached hydrogen (secondary N) is 2. The molecule has 0 saturated heterocycles. The van der Waals surface area contributed by atoms with Crippen LogP contribution in [-0.4, -0.2) is 41.2 Å². The van der Waals surface area contributed by atoms with Crippen LogP contribution in [0.2, 0.25) is 0 Å². The van der Waals surface area contributed by atoms with E-state index in [9.17, 15) is 14.7 Å². The third-order valence-electron chi connectivity index (χ3n) is 4.48. The molecule has 0 fully saturated rings. The number of carbonyl (C=O) groups is 1. The van der Waals surface area contributed by atoms with Crippen LogP contribution >= 0.6 is 0 Å². The molecule has 0 unspecified atom stereocenters. The summed E-state index contributed by atoms with van der Waals surface area (Å²) in [5.74, 6) is -0.00299. The molecule has 1 heterocycles. The number of methoxy groups -OCH3 is 1. The number of phenols is 1. The van der Waals surface area contributed by atoms with E-state index in [2.05, 4.69) is 15.3 Å². The number of H-pyrrole nitrogens is 1. The van der Waals surface area contributed by atoms with E-state index in [0.717, 1.165) is 12.0 Å². The second kappa shape index (κ2) is 9.16. The van der Waals surface area contributed by atoms with Gasteiger partial charge in [-0.05, 0) is 60.9 Å². The van der Waals surface area contributed by atoms with E-state index >= 15 is 0 Å². The Labute approximate surface area is 168 Å². The molecule has 1 amide bonds. The van der Waals surface area contributed by atoms with Gasteiger partial charge in [0.2, 0.25) is 0 Å². The van der Waals surface area contributed by atoms with Crippen LogP contribution < -0.4 is 11.0 Å². The lowest BCUT2D eigenvalue weighted by atomic mass is 10.0. The van der Waals surface area contributed by atoms with Gasteiger partial charge in [0.15, 0.2) is 0 Å². The molecule has 2 aromatic carbocycles. The number of amides is 1. The molecule has 7 nitrogen and oxygen atoms in total. The van der Waals surface area contributed by atoms with Gasteiger partial charge in [-0.15, -0.1) is 0 Å². The number of nitrogens with zero attached hydrogens (tertiary/aromatic N) is 1. The van der Waals surface area contributed by atoms with Crippen molar-refractivity contribution in [3.8, 4) is 28.3 Å². The van der Waals surface area contributed by atoms with Crippen LogP contribution in [-0.2, 0) is 4.74 Å². The number of aromatic hydroxyl groups is 1. The van der Waals surface area contributed by atoms with Gasteiger partial charge in [-0.2, -0.15) is 4.98 Å². The molecule has 0 saturated carbocycles. The fraction of sp³-hybridized carbons (Fsp3) is 0.227. The fourth-order valence-electron chi connectivity index (χ4n) is 2.92. The number of hydrogen-bond donors (Lipinski definition) is 3. The molecule has 0 atom stereocenters. The van der Waals surface area contributed by atoms with E-state index in [-0.39, 0.29) is 11.7 Å². The number of rotatable bonds is 7. The summed E-state index contributed by atoms with van der Waals surface area (Å²) in [6, 6.07) is 13.8. The molecule has 0 spiro atoms.